The number of benzene rings is 1. The Labute approximate surface area is 171 Å². The summed E-state index contributed by atoms with van der Waals surface area (Å²) in [6.45, 7) is 3.87. The Morgan fingerprint density at radius 3 is 2.29 bits per heavy atom. The molecule has 0 spiro atoms. The van der Waals surface area contributed by atoms with E-state index in [1.807, 2.05) is 33.0 Å². The molecule has 0 radical (unpaired) electrons. The number of hydrogen-bond donors (Lipinski definition) is 0. The topological polar surface area (TPSA) is 73.8 Å². The summed E-state index contributed by atoms with van der Waals surface area (Å²) in [4.78, 5) is 22.7. The van der Waals surface area contributed by atoms with Crippen molar-refractivity contribution in [2.24, 2.45) is 7.05 Å². The molecule has 0 unspecified atom stereocenters. The number of rotatable bonds is 2. The van der Waals surface area contributed by atoms with Gasteiger partial charge in [0, 0.05) is 22.4 Å². The normalized spacial score (nSPS) is 26.9. The first-order valence-electron chi connectivity index (χ1n) is 9.82. The van der Waals surface area contributed by atoms with Crippen LogP contribution in [0.2, 0.25) is 0 Å². The van der Waals surface area contributed by atoms with Crippen LogP contribution in [0.25, 0.3) is 10.9 Å². The molecule has 0 aliphatic heterocycles. The number of fused-ring (bicyclic) bond motifs is 4. The second kappa shape index (κ2) is 5.99. The lowest BCUT2D eigenvalue weighted by molar-refractivity contribution is 0.0684. The molecule has 28 heavy (non-hydrogen) atoms. The highest BCUT2D eigenvalue weighted by Crippen LogP contribution is 2.57. The van der Waals surface area contributed by atoms with E-state index in [-0.39, 0.29) is 16.4 Å². The number of nitrogens with zero attached hydrogens (tertiary/aromatic N) is 4. The van der Waals surface area contributed by atoms with E-state index >= 15 is 0 Å². The summed E-state index contributed by atoms with van der Waals surface area (Å²) in [6.07, 6.45) is 5.96. The summed E-state index contributed by atoms with van der Waals surface area (Å²) in [5.41, 5.74) is 1.81. The summed E-state index contributed by atoms with van der Waals surface area (Å²) in [5.74, 6) is 2.41. The van der Waals surface area contributed by atoms with E-state index in [9.17, 15) is 4.79 Å². The maximum atomic E-state index is 13.1. The van der Waals surface area contributed by atoms with Gasteiger partial charge in [-0.2, -0.15) is 4.98 Å². The molecule has 3 saturated carbocycles. The molecule has 0 amide bonds. The zero-order valence-corrected chi connectivity index (χ0v) is 18.0. The van der Waals surface area contributed by atoms with Crippen molar-refractivity contribution >= 4 is 26.8 Å². The Kier molecular flexibility index (Phi) is 3.86. The monoisotopic (exact) mass is 442 g/mol. The molecule has 3 aromatic rings. The van der Waals surface area contributed by atoms with Crippen molar-refractivity contribution in [1.29, 1.82) is 0 Å². The van der Waals surface area contributed by atoms with Gasteiger partial charge in [-0.1, -0.05) is 5.16 Å². The number of halogens is 1. The van der Waals surface area contributed by atoms with E-state index in [0.29, 0.717) is 11.2 Å². The molecule has 6 rings (SSSR count). The van der Waals surface area contributed by atoms with Gasteiger partial charge in [-0.25, -0.2) is 4.98 Å². The van der Waals surface area contributed by atoms with E-state index in [0.717, 1.165) is 65.8 Å². The van der Waals surface area contributed by atoms with Crippen molar-refractivity contribution in [2.75, 3.05) is 0 Å². The maximum Gasteiger partial charge on any atom is 0.261 e. The molecular weight excluding hydrogens is 420 g/mol. The van der Waals surface area contributed by atoms with E-state index in [1.165, 1.54) is 0 Å². The van der Waals surface area contributed by atoms with Gasteiger partial charge in [-0.05, 0) is 86.0 Å². The van der Waals surface area contributed by atoms with Crippen LogP contribution in [-0.2, 0) is 17.9 Å². The van der Waals surface area contributed by atoms with Crippen LogP contribution < -0.4 is 5.56 Å². The molecule has 1 aromatic carbocycles. The van der Waals surface area contributed by atoms with E-state index in [1.54, 1.807) is 4.57 Å². The molecule has 2 aromatic heterocycles. The van der Waals surface area contributed by atoms with Gasteiger partial charge < -0.3 is 4.52 Å². The fourth-order valence-corrected chi connectivity index (χ4v) is 5.96. The van der Waals surface area contributed by atoms with Crippen molar-refractivity contribution in [2.45, 2.75) is 63.2 Å². The van der Waals surface area contributed by atoms with Crippen LogP contribution in [0, 0.1) is 13.8 Å². The van der Waals surface area contributed by atoms with Gasteiger partial charge in [-0.3, -0.25) is 9.36 Å². The maximum absolute atomic E-state index is 13.1. The van der Waals surface area contributed by atoms with Gasteiger partial charge in [0.2, 0.25) is 5.89 Å². The molecule has 3 aliphatic carbocycles. The zero-order valence-electron chi connectivity index (χ0n) is 16.4. The van der Waals surface area contributed by atoms with Gasteiger partial charge in [0.25, 0.3) is 5.56 Å². The largest absolute Gasteiger partial charge is 0.339 e. The fraction of sp³-hybridized carbons (Fsp3) is 0.524. The average molecular weight is 443 g/mol. The minimum Gasteiger partial charge on any atom is -0.339 e. The zero-order chi connectivity index (χ0) is 19.7. The summed E-state index contributed by atoms with van der Waals surface area (Å²) >= 11 is 3.62. The lowest BCUT2D eigenvalue weighted by Gasteiger charge is -2.51. The molecule has 3 fully saturated rings. The van der Waals surface area contributed by atoms with Crippen molar-refractivity contribution in [3.05, 3.63) is 50.1 Å². The highest BCUT2D eigenvalue weighted by molar-refractivity contribution is 9.10. The van der Waals surface area contributed by atoms with Gasteiger partial charge in [0.05, 0.1) is 10.9 Å². The molecule has 6 nitrogen and oxygen atoms in total. The first-order valence-corrected chi connectivity index (χ1v) is 10.6. The number of aryl methyl sites for hydroxylation is 2. The third kappa shape index (κ3) is 2.44. The SMILES string of the molecule is Cc1cc(Br)c2nc(C34CCC(c5nc(C)no5)(CC3)CC4)n(C)c(=O)c2c1. The minimum atomic E-state index is -0.0523. The smallest absolute Gasteiger partial charge is 0.261 e. The molecule has 146 valence electrons. The highest BCUT2D eigenvalue weighted by Gasteiger charge is 2.54. The fourth-order valence-electron chi connectivity index (χ4n) is 5.30. The van der Waals surface area contributed by atoms with Crippen LogP contribution in [0.4, 0.5) is 0 Å². The Morgan fingerprint density at radius 1 is 1.04 bits per heavy atom. The Bertz CT molecular complexity index is 1140. The Balaban J connectivity index is 1.59. The van der Waals surface area contributed by atoms with Gasteiger partial charge in [-0.15, -0.1) is 0 Å². The van der Waals surface area contributed by atoms with Crippen molar-refractivity contribution < 1.29 is 4.52 Å². The van der Waals surface area contributed by atoms with Crippen LogP contribution >= 0.6 is 15.9 Å². The molecule has 0 saturated heterocycles. The predicted molar refractivity (Wildman–Crippen MR) is 110 cm³/mol. The van der Waals surface area contributed by atoms with Crippen molar-refractivity contribution in [3.63, 3.8) is 0 Å². The van der Waals surface area contributed by atoms with Crippen LogP contribution in [0.3, 0.4) is 0 Å². The van der Waals surface area contributed by atoms with E-state index in [2.05, 4.69) is 26.1 Å². The predicted octanol–water partition coefficient (Wildman–Crippen LogP) is 4.24. The summed E-state index contributed by atoms with van der Waals surface area (Å²) in [5, 5.41) is 4.68. The molecule has 0 N–H and O–H groups in total. The molecule has 0 atom stereocenters. The van der Waals surface area contributed by atoms with Crippen LogP contribution in [0.15, 0.2) is 25.9 Å². The van der Waals surface area contributed by atoms with Crippen LogP contribution in [-0.4, -0.2) is 19.7 Å². The molecule has 2 heterocycles. The highest BCUT2D eigenvalue weighted by atomic mass is 79.9. The standard InChI is InChI=1S/C21H23BrN4O2/c1-12-10-14-16(15(22)11-12)24-18(26(3)17(14)27)20-4-7-21(8-5-20,9-6-20)19-23-13(2)25-28-19/h10-11H,4-9H2,1-3H3. The average Bonchev–Trinajstić information content (AvgIpc) is 3.13. The second-order valence-corrected chi connectivity index (χ2v) is 9.50. The van der Waals surface area contributed by atoms with Crippen LogP contribution in [0.5, 0.6) is 0 Å². The molecular formula is C21H23BrN4O2. The van der Waals surface area contributed by atoms with Gasteiger partial charge in [0.15, 0.2) is 5.82 Å². The van der Waals surface area contributed by atoms with Gasteiger partial charge in [0.1, 0.15) is 5.82 Å². The second-order valence-electron chi connectivity index (χ2n) is 8.65. The third-order valence-corrected chi connectivity index (χ3v) is 7.58. The number of hydrogen-bond acceptors (Lipinski definition) is 5. The van der Waals surface area contributed by atoms with E-state index in [4.69, 9.17) is 9.51 Å². The Hall–Kier alpha value is -2.02. The first-order chi connectivity index (χ1) is 13.3. The van der Waals surface area contributed by atoms with E-state index < -0.39 is 0 Å². The summed E-state index contributed by atoms with van der Waals surface area (Å²) in [6, 6.07) is 3.96. The molecule has 3 aliphatic rings. The lowest BCUT2D eigenvalue weighted by atomic mass is 9.53. The van der Waals surface area contributed by atoms with Crippen molar-refractivity contribution in [3.8, 4) is 0 Å². The summed E-state index contributed by atoms with van der Waals surface area (Å²) < 4.78 is 8.22. The molecule has 7 heteroatoms. The van der Waals surface area contributed by atoms with Crippen molar-refractivity contribution in [1.82, 2.24) is 19.7 Å². The molecule has 2 bridgehead atoms. The lowest BCUT2D eigenvalue weighted by Crippen LogP contribution is -2.49. The van der Waals surface area contributed by atoms with Gasteiger partial charge >= 0.3 is 0 Å². The number of aromatic nitrogens is 4. The summed E-state index contributed by atoms with van der Waals surface area (Å²) in [7, 11) is 1.87. The van der Waals surface area contributed by atoms with Crippen LogP contribution in [0.1, 0.15) is 61.6 Å². The quantitative estimate of drug-likeness (QED) is 0.593. The first kappa shape index (κ1) is 18.0. The Morgan fingerprint density at radius 2 is 1.68 bits per heavy atom. The third-order valence-electron chi connectivity index (χ3n) is 6.98. The minimum absolute atomic E-state index is 0.00355.